The average Bonchev–Trinajstić information content (AvgIpc) is 3.90. The van der Waals surface area contributed by atoms with Gasteiger partial charge in [0.2, 0.25) is 23.4 Å². The number of nitrogens with zero attached hydrogens (tertiary/aromatic N) is 6. The Morgan fingerprint density at radius 3 is 1.48 bits per heavy atom. The van der Waals surface area contributed by atoms with Crippen molar-refractivity contribution in [2.75, 3.05) is 6.61 Å². The molecular formula is C44H42Cl4N6O10. The van der Waals surface area contributed by atoms with Gasteiger partial charge in [-0.15, -0.1) is 0 Å². The highest BCUT2D eigenvalue weighted by molar-refractivity contribution is 6.34. The van der Waals surface area contributed by atoms with Crippen molar-refractivity contribution in [3.8, 4) is 68.9 Å². The molecule has 0 saturated heterocycles. The van der Waals surface area contributed by atoms with Crippen LogP contribution in [0, 0.1) is 11.8 Å². The van der Waals surface area contributed by atoms with Crippen LogP contribution in [-0.4, -0.2) is 78.3 Å². The Hall–Kier alpha value is -5.68. The third kappa shape index (κ3) is 11.3. The van der Waals surface area contributed by atoms with Crippen molar-refractivity contribution in [3.63, 3.8) is 0 Å². The molecule has 2 aliphatic rings. The quantitative estimate of drug-likeness (QED) is 0.0951. The Bertz CT molecular complexity index is 2610. The second kappa shape index (κ2) is 20.4. The highest BCUT2D eigenvalue weighted by Gasteiger charge is 2.38. The van der Waals surface area contributed by atoms with Crippen LogP contribution in [0.4, 0.5) is 0 Å². The Balaban J connectivity index is 0.000000192. The summed E-state index contributed by atoms with van der Waals surface area (Å²) in [5.41, 5.74) is 2.27. The van der Waals surface area contributed by atoms with Crippen molar-refractivity contribution in [3.05, 3.63) is 81.0 Å². The first-order valence-corrected chi connectivity index (χ1v) is 21.8. The summed E-state index contributed by atoms with van der Waals surface area (Å²) in [6, 6.07) is 13.7. The summed E-state index contributed by atoms with van der Waals surface area (Å²) in [5.74, 6) is 1.57. The number of hydrogen-bond donors (Lipinski definition) is 1. The number of esters is 1. The van der Waals surface area contributed by atoms with Gasteiger partial charge in [-0.05, 0) is 109 Å². The van der Waals surface area contributed by atoms with Crippen LogP contribution in [-0.2, 0) is 14.3 Å². The van der Waals surface area contributed by atoms with Gasteiger partial charge in [-0.1, -0.05) is 56.7 Å². The third-order valence-corrected chi connectivity index (χ3v) is 10.9. The number of hydrogen-bond acceptors (Lipinski definition) is 15. The van der Waals surface area contributed by atoms with Crippen molar-refractivity contribution in [2.45, 2.75) is 84.7 Å². The topological polar surface area (TPSA) is 204 Å². The summed E-state index contributed by atoms with van der Waals surface area (Å²) in [5, 5.41) is 18.5. The van der Waals surface area contributed by atoms with E-state index in [1.165, 1.54) is 0 Å². The second-order valence-corrected chi connectivity index (χ2v) is 17.0. The van der Waals surface area contributed by atoms with Gasteiger partial charge in [-0.3, -0.25) is 9.59 Å². The largest absolute Gasteiger partial charge is 0.490 e. The Morgan fingerprint density at radius 2 is 1.11 bits per heavy atom. The monoisotopic (exact) mass is 954 g/mol. The van der Waals surface area contributed by atoms with Crippen molar-refractivity contribution < 1.29 is 47.4 Å². The highest BCUT2D eigenvalue weighted by Crippen LogP contribution is 2.38. The van der Waals surface area contributed by atoms with Crippen LogP contribution in [0.3, 0.4) is 0 Å². The highest BCUT2D eigenvalue weighted by atomic mass is 35.5. The summed E-state index contributed by atoms with van der Waals surface area (Å²) >= 11 is 25.3. The van der Waals surface area contributed by atoms with E-state index in [0.717, 1.165) is 0 Å². The van der Waals surface area contributed by atoms with Gasteiger partial charge in [0.05, 0.1) is 51.8 Å². The summed E-state index contributed by atoms with van der Waals surface area (Å²) in [7, 11) is 0. The second-order valence-electron chi connectivity index (χ2n) is 15.4. The van der Waals surface area contributed by atoms with Crippen LogP contribution in [0.1, 0.15) is 60.3 Å². The predicted molar refractivity (Wildman–Crippen MR) is 236 cm³/mol. The molecule has 1 N–H and O–H groups in total. The zero-order valence-electron chi connectivity index (χ0n) is 35.1. The molecule has 2 aromatic carbocycles. The first-order chi connectivity index (χ1) is 30.6. The number of aromatic nitrogens is 6. The lowest BCUT2D eigenvalue weighted by Gasteiger charge is -2.33. The molecule has 2 aliphatic carbocycles. The minimum absolute atomic E-state index is 0.0435. The Labute approximate surface area is 387 Å². The van der Waals surface area contributed by atoms with Gasteiger partial charge in [0.1, 0.15) is 33.8 Å². The molecule has 2 saturated carbocycles. The molecule has 64 heavy (non-hydrogen) atoms. The van der Waals surface area contributed by atoms with Crippen LogP contribution in [0.15, 0.2) is 70.0 Å². The zero-order valence-corrected chi connectivity index (χ0v) is 38.1. The molecular weight excluding hydrogens is 914 g/mol. The molecule has 16 nitrogen and oxygen atoms in total. The molecule has 20 heteroatoms. The summed E-state index contributed by atoms with van der Waals surface area (Å²) < 4.78 is 38.5. The summed E-state index contributed by atoms with van der Waals surface area (Å²) in [6.45, 7) is 9.73. The van der Waals surface area contributed by atoms with E-state index < -0.39 is 5.97 Å². The lowest BCUT2D eigenvalue weighted by atomic mass is 9.82. The van der Waals surface area contributed by atoms with Gasteiger partial charge in [0, 0.05) is 23.5 Å². The minimum atomic E-state index is -0.792. The lowest BCUT2D eigenvalue weighted by Crippen LogP contribution is -2.39. The number of carboxylic acids is 1. The number of benzene rings is 2. The number of carboxylic acid groups (broad SMARTS) is 1. The number of carbonyl (C=O) groups is 2. The molecule has 2 fully saturated rings. The Morgan fingerprint density at radius 1 is 0.672 bits per heavy atom. The number of aliphatic carboxylic acids is 1. The predicted octanol–water partition coefficient (Wildman–Crippen LogP) is 10.7. The normalized spacial score (nSPS) is 17.7. The third-order valence-electron chi connectivity index (χ3n) is 9.78. The SMILES string of the molecule is CC(C)Oc1ncc(-c2nc(-c3ccc(OC4CC(C(=O)O)C4)cc3Cl)no2)cc1Cl.CCOC(=O)C1CC(Oc2ccc(-c3noc(-c4cnc(OC(C)C)c(Cl)c4)n3)c(Cl)c2)C1. The molecule has 0 bridgehead atoms. The first kappa shape index (κ1) is 46.3. The molecule has 336 valence electrons. The fourth-order valence-corrected chi connectivity index (χ4v) is 7.40. The van der Waals surface area contributed by atoms with E-state index in [0.29, 0.717) is 110 Å². The van der Waals surface area contributed by atoms with Crippen LogP contribution in [0.5, 0.6) is 23.3 Å². The maximum absolute atomic E-state index is 11.7. The fraction of sp³-hybridized carbons (Fsp3) is 0.364. The first-order valence-electron chi connectivity index (χ1n) is 20.3. The van der Waals surface area contributed by atoms with E-state index in [-0.39, 0.29) is 54.0 Å². The molecule has 0 amide bonds. The number of ether oxygens (including phenoxy) is 5. The van der Waals surface area contributed by atoms with E-state index in [1.807, 2.05) is 27.7 Å². The maximum atomic E-state index is 11.7. The van der Waals surface area contributed by atoms with Crippen molar-refractivity contribution in [2.24, 2.45) is 11.8 Å². The van der Waals surface area contributed by atoms with Crippen molar-refractivity contribution in [1.82, 2.24) is 30.2 Å². The van der Waals surface area contributed by atoms with E-state index in [9.17, 15) is 9.59 Å². The molecule has 0 spiro atoms. The van der Waals surface area contributed by atoms with Crippen molar-refractivity contribution >= 4 is 58.3 Å². The van der Waals surface area contributed by atoms with Gasteiger partial charge in [-0.25, -0.2) is 9.97 Å². The molecule has 4 aromatic heterocycles. The molecule has 4 heterocycles. The fourth-order valence-electron chi connectivity index (χ4n) is 6.47. The van der Waals surface area contributed by atoms with E-state index in [4.69, 9.17) is 84.2 Å². The van der Waals surface area contributed by atoms with E-state index >= 15 is 0 Å². The molecule has 8 rings (SSSR count). The van der Waals surface area contributed by atoms with Gasteiger partial charge >= 0.3 is 11.9 Å². The van der Waals surface area contributed by atoms with Gasteiger partial charge in [0.15, 0.2) is 0 Å². The summed E-state index contributed by atoms with van der Waals surface area (Å²) in [4.78, 5) is 39.8. The van der Waals surface area contributed by atoms with Crippen molar-refractivity contribution in [1.29, 1.82) is 0 Å². The summed E-state index contributed by atoms with van der Waals surface area (Å²) in [6.07, 6.45) is 5.06. The van der Waals surface area contributed by atoms with Gasteiger partial charge in [0.25, 0.3) is 11.8 Å². The van der Waals surface area contributed by atoms with E-state index in [2.05, 4.69) is 30.2 Å². The van der Waals surface area contributed by atoms with Crippen LogP contribution < -0.4 is 18.9 Å². The van der Waals surface area contributed by atoms with Crippen LogP contribution in [0.2, 0.25) is 20.1 Å². The van der Waals surface area contributed by atoms with E-state index in [1.54, 1.807) is 67.8 Å². The van der Waals surface area contributed by atoms with Gasteiger partial charge < -0.3 is 37.8 Å². The number of pyridine rings is 2. The standard InChI is InChI=1S/C23H23Cl2N3O5.C21H19Cl2N3O5/c1-4-30-23(29)13-7-16(8-13)32-15-5-6-17(18(24)10-15)20-27-21(33-28-20)14-9-19(25)22(26-11-14)31-12(2)3;1-10(2)29-20-17(23)7-12(9-24-20)19-25-18(26-31-19)15-4-3-13(8-16(15)22)30-14-5-11(6-14)21(27)28/h5-6,9-13,16H,4,7-8H2,1-3H3;3-4,7-11,14H,5-6H2,1-2H3,(H,27,28). The zero-order chi connectivity index (χ0) is 45.7. The van der Waals surface area contributed by atoms with Crippen LogP contribution in [0.25, 0.3) is 45.7 Å². The molecule has 0 unspecified atom stereocenters. The average molecular weight is 957 g/mol. The molecule has 0 atom stereocenters. The van der Waals surface area contributed by atoms with Crippen LogP contribution >= 0.6 is 46.4 Å². The molecule has 6 aromatic rings. The number of halogens is 4. The molecule has 0 aliphatic heterocycles. The minimum Gasteiger partial charge on any atom is -0.490 e. The molecule has 0 radical (unpaired) electrons. The smallest absolute Gasteiger partial charge is 0.309 e. The maximum Gasteiger partial charge on any atom is 0.309 e. The Kier molecular flexibility index (Phi) is 14.8. The number of carbonyl (C=O) groups excluding carboxylic acids is 1. The van der Waals surface area contributed by atoms with Gasteiger partial charge in [-0.2, -0.15) is 9.97 Å². The number of rotatable bonds is 15. The lowest BCUT2D eigenvalue weighted by molar-refractivity contribution is -0.154.